The predicted molar refractivity (Wildman–Crippen MR) is 116 cm³/mol. The van der Waals surface area contributed by atoms with Crippen molar-refractivity contribution in [3.63, 3.8) is 0 Å². The van der Waals surface area contributed by atoms with Crippen LogP contribution in [0.15, 0.2) is 73.3 Å². The third-order valence-electron chi connectivity index (χ3n) is 4.58. The van der Waals surface area contributed by atoms with Crippen LogP contribution in [0.4, 0.5) is 0 Å². The second-order valence-corrected chi connectivity index (χ2v) is 6.52. The molecular formula is C24H25N3O. The van der Waals surface area contributed by atoms with E-state index in [2.05, 4.69) is 54.0 Å². The average Bonchev–Trinajstić information content (AvgIpc) is 3.09. The molecule has 28 heavy (non-hydrogen) atoms. The lowest BCUT2D eigenvalue weighted by atomic mass is 10.0. The van der Waals surface area contributed by atoms with E-state index in [-0.39, 0.29) is 0 Å². The molecule has 1 aromatic heterocycles. The van der Waals surface area contributed by atoms with Crippen LogP contribution < -0.4 is 4.74 Å². The molecule has 0 aliphatic carbocycles. The minimum absolute atomic E-state index is 0.784. The number of ether oxygens (including phenoxy) is 1. The minimum atomic E-state index is 0.784. The zero-order chi connectivity index (χ0) is 20.1. The van der Waals surface area contributed by atoms with Gasteiger partial charge >= 0.3 is 0 Å². The average molecular weight is 371 g/mol. The number of allylic oxidation sites excluding steroid dienone is 5. The van der Waals surface area contributed by atoms with Gasteiger partial charge in [-0.15, -0.1) is 10.2 Å². The fourth-order valence-electron chi connectivity index (χ4n) is 3.11. The number of benzene rings is 2. The Bertz CT molecular complexity index is 1040. The number of hydrogen-bond acceptors (Lipinski definition) is 3. The first kappa shape index (κ1) is 19.4. The Morgan fingerprint density at radius 1 is 1.04 bits per heavy atom. The van der Waals surface area contributed by atoms with Gasteiger partial charge in [-0.25, -0.2) is 0 Å². The van der Waals surface area contributed by atoms with E-state index in [0.29, 0.717) is 0 Å². The van der Waals surface area contributed by atoms with E-state index in [9.17, 15) is 0 Å². The van der Waals surface area contributed by atoms with Gasteiger partial charge in [0.2, 0.25) is 0 Å². The van der Waals surface area contributed by atoms with Crippen LogP contribution in [0.1, 0.15) is 23.9 Å². The zero-order valence-electron chi connectivity index (χ0n) is 16.8. The highest BCUT2D eigenvalue weighted by Crippen LogP contribution is 2.31. The van der Waals surface area contributed by atoms with Crippen LogP contribution in [0.3, 0.4) is 0 Å². The second kappa shape index (κ2) is 8.53. The predicted octanol–water partition coefficient (Wildman–Crippen LogP) is 5.71. The molecule has 0 saturated heterocycles. The molecule has 0 aliphatic heterocycles. The highest BCUT2D eigenvalue weighted by molar-refractivity contribution is 5.74. The summed E-state index contributed by atoms with van der Waals surface area (Å²) < 4.78 is 7.64. The number of nitrogens with zero attached hydrogens (tertiary/aromatic N) is 3. The van der Waals surface area contributed by atoms with E-state index >= 15 is 0 Å². The summed E-state index contributed by atoms with van der Waals surface area (Å²) in [7, 11) is 1.68. The molecule has 0 aliphatic rings. The standard InChI is InChI=1S/C24H25N3O/c1-6-7-8-10-17(2)20-13-15-21(16-14-20)24-26-25-19(4)27(24)23-18(3)11-9-12-22(23)28-5/h6-16H,2H2,1,3-5H3/b7-6-,10-8-. The molecule has 1 heterocycles. The smallest absolute Gasteiger partial charge is 0.168 e. The van der Waals surface area contributed by atoms with Gasteiger partial charge < -0.3 is 4.74 Å². The first-order valence-electron chi connectivity index (χ1n) is 9.22. The van der Waals surface area contributed by atoms with Crippen molar-refractivity contribution in [1.82, 2.24) is 14.8 Å². The van der Waals surface area contributed by atoms with Crippen LogP contribution in [0, 0.1) is 13.8 Å². The van der Waals surface area contributed by atoms with Crippen molar-refractivity contribution in [1.29, 1.82) is 0 Å². The van der Waals surface area contributed by atoms with Crippen LogP contribution in [-0.2, 0) is 0 Å². The summed E-state index contributed by atoms with van der Waals surface area (Å²) in [6.45, 7) is 10.1. The van der Waals surface area contributed by atoms with Gasteiger partial charge in [0.1, 0.15) is 11.6 Å². The molecule has 0 radical (unpaired) electrons. The summed E-state index contributed by atoms with van der Waals surface area (Å²) in [5.41, 5.74) is 5.08. The fourth-order valence-corrected chi connectivity index (χ4v) is 3.11. The molecule has 0 atom stereocenters. The van der Waals surface area contributed by atoms with E-state index in [0.717, 1.165) is 45.3 Å². The van der Waals surface area contributed by atoms with Crippen LogP contribution >= 0.6 is 0 Å². The van der Waals surface area contributed by atoms with Crippen molar-refractivity contribution in [3.8, 4) is 22.8 Å². The Kier molecular flexibility index (Phi) is 5.90. The summed E-state index contributed by atoms with van der Waals surface area (Å²) in [6.07, 6.45) is 7.96. The molecular weight excluding hydrogens is 346 g/mol. The summed E-state index contributed by atoms with van der Waals surface area (Å²) in [5, 5.41) is 8.74. The molecule has 0 N–H and O–H groups in total. The van der Waals surface area contributed by atoms with Gasteiger partial charge in [-0.1, -0.05) is 67.3 Å². The first-order valence-corrected chi connectivity index (χ1v) is 9.22. The van der Waals surface area contributed by atoms with Gasteiger partial charge in [0.15, 0.2) is 5.82 Å². The van der Waals surface area contributed by atoms with Crippen LogP contribution in [0.25, 0.3) is 22.6 Å². The molecule has 2 aromatic carbocycles. The minimum Gasteiger partial charge on any atom is -0.495 e. The SMILES string of the molecule is C=C(/C=C\C=C/C)c1ccc(-c2nnc(C)n2-c2c(C)cccc2OC)cc1. The molecule has 0 amide bonds. The van der Waals surface area contributed by atoms with Gasteiger partial charge in [-0.3, -0.25) is 4.57 Å². The topological polar surface area (TPSA) is 39.9 Å². The van der Waals surface area contributed by atoms with E-state index in [1.54, 1.807) is 7.11 Å². The molecule has 0 bridgehead atoms. The Hall–Kier alpha value is -3.40. The van der Waals surface area contributed by atoms with Crippen molar-refractivity contribution in [3.05, 3.63) is 90.3 Å². The summed E-state index contributed by atoms with van der Waals surface area (Å²) in [4.78, 5) is 0. The number of para-hydroxylation sites is 1. The highest BCUT2D eigenvalue weighted by atomic mass is 16.5. The molecule has 0 fully saturated rings. The molecule has 3 aromatic rings. The summed E-state index contributed by atoms with van der Waals surface area (Å²) >= 11 is 0. The maximum atomic E-state index is 5.59. The molecule has 4 heteroatoms. The van der Waals surface area contributed by atoms with Gasteiger partial charge in [-0.2, -0.15) is 0 Å². The van der Waals surface area contributed by atoms with E-state index < -0.39 is 0 Å². The molecule has 4 nitrogen and oxygen atoms in total. The quantitative estimate of drug-likeness (QED) is 0.521. The summed E-state index contributed by atoms with van der Waals surface area (Å²) in [5.74, 6) is 2.39. The number of aromatic nitrogens is 3. The summed E-state index contributed by atoms with van der Waals surface area (Å²) in [6, 6.07) is 14.2. The molecule has 3 rings (SSSR count). The number of aryl methyl sites for hydroxylation is 2. The zero-order valence-corrected chi connectivity index (χ0v) is 16.8. The van der Waals surface area contributed by atoms with Gasteiger partial charge in [0, 0.05) is 5.56 Å². The lowest BCUT2D eigenvalue weighted by Crippen LogP contribution is -2.04. The Morgan fingerprint density at radius 3 is 2.46 bits per heavy atom. The maximum absolute atomic E-state index is 5.59. The number of rotatable bonds is 6. The van der Waals surface area contributed by atoms with E-state index in [4.69, 9.17) is 4.74 Å². The highest BCUT2D eigenvalue weighted by Gasteiger charge is 2.18. The molecule has 0 saturated carbocycles. The van der Waals surface area contributed by atoms with Crippen LogP contribution in [-0.4, -0.2) is 21.9 Å². The third-order valence-corrected chi connectivity index (χ3v) is 4.58. The largest absolute Gasteiger partial charge is 0.495 e. The molecule has 0 unspecified atom stereocenters. The van der Waals surface area contributed by atoms with Crippen molar-refractivity contribution in [2.24, 2.45) is 0 Å². The molecule has 0 spiro atoms. The Morgan fingerprint density at radius 2 is 1.79 bits per heavy atom. The maximum Gasteiger partial charge on any atom is 0.168 e. The van der Waals surface area contributed by atoms with Crippen LogP contribution in [0.5, 0.6) is 5.75 Å². The third kappa shape index (κ3) is 3.81. The second-order valence-electron chi connectivity index (χ2n) is 6.52. The lowest BCUT2D eigenvalue weighted by molar-refractivity contribution is 0.412. The van der Waals surface area contributed by atoms with Crippen molar-refractivity contribution < 1.29 is 4.74 Å². The van der Waals surface area contributed by atoms with Crippen molar-refractivity contribution in [2.75, 3.05) is 7.11 Å². The van der Waals surface area contributed by atoms with E-state index in [1.165, 1.54) is 0 Å². The first-order chi connectivity index (χ1) is 13.6. The Labute approximate surface area is 166 Å². The van der Waals surface area contributed by atoms with Crippen molar-refractivity contribution >= 4 is 5.57 Å². The Balaban J connectivity index is 2.02. The van der Waals surface area contributed by atoms with Crippen LogP contribution in [0.2, 0.25) is 0 Å². The normalized spacial score (nSPS) is 11.4. The number of hydrogen-bond donors (Lipinski definition) is 0. The number of methoxy groups -OCH3 is 1. The van der Waals surface area contributed by atoms with Gasteiger partial charge in [0.05, 0.1) is 12.8 Å². The lowest BCUT2D eigenvalue weighted by Gasteiger charge is -2.15. The van der Waals surface area contributed by atoms with Gasteiger partial charge in [-0.05, 0) is 43.5 Å². The molecule has 142 valence electrons. The van der Waals surface area contributed by atoms with Gasteiger partial charge in [0.25, 0.3) is 0 Å². The van der Waals surface area contributed by atoms with E-state index in [1.807, 2.05) is 54.9 Å². The monoisotopic (exact) mass is 371 g/mol. The van der Waals surface area contributed by atoms with Crippen molar-refractivity contribution in [2.45, 2.75) is 20.8 Å². The fraction of sp³-hybridized carbons (Fsp3) is 0.167.